The van der Waals surface area contributed by atoms with Gasteiger partial charge in [-0.05, 0) is 123 Å². The van der Waals surface area contributed by atoms with Crippen molar-refractivity contribution in [2.45, 2.75) is 33.6 Å². The topological polar surface area (TPSA) is 9.72 Å². The van der Waals surface area contributed by atoms with Crippen LogP contribution in [0, 0.1) is 20.8 Å². The summed E-state index contributed by atoms with van der Waals surface area (Å²) in [7, 11) is 0. The van der Waals surface area contributed by atoms with Gasteiger partial charge in [-0.25, -0.2) is 0 Å². The van der Waals surface area contributed by atoms with Crippen molar-refractivity contribution in [3.63, 3.8) is 0 Å². The van der Waals surface area contributed by atoms with E-state index < -0.39 is 0 Å². The molecule has 0 bridgehead atoms. The maximum absolute atomic E-state index is 2.56. The molecule has 0 aromatic heterocycles. The first-order chi connectivity index (χ1) is 24.0. The maximum atomic E-state index is 2.56. The van der Waals surface area contributed by atoms with Gasteiger partial charge in [0.25, 0.3) is 6.71 Å². The smallest absolute Gasteiger partial charge is 0.252 e. The lowest BCUT2D eigenvalue weighted by Gasteiger charge is -2.45. The fraction of sp³-hybridized carbons (Fsp3) is 0.111. The number of rotatable bonds is 5. The summed E-state index contributed by atoms with van der Waals surface area (Å²) in [5, 5.41) is 0. The molecule has 6 aromatic rings. The van der Waals surface area contributed by atoms with Crippen molar-refractivity contribution >= 4 is 68.6 Å². The van der Waals surface area contributed by atoms with Gasteiger partial charge in [0, 0.05) is 51.2 Å². The van der Waals surface area contributed by atoms with Gasteiger partial charge < -0.3 is 14.7 Å². The van der Waals surface area contributed by atoms with Gasteiger partial charge >= 0.3 is 0 Å². The quantitative estimate of drug-likeness (QED) is 0.175. The number of fused-ring (bicyclic) bond motifs is 4. The zero-order chi connectivity index (χ0) is 33.1. The van der Waals surface area contributed by atoms with Crippen LogP contribution in [0.25, 0.3) is 0 Å². The molecule has 1 aliphatic carbocycles. The molecule has 2 aliphatic heterocycles. The summed E-state index contributed by atoms with van der Waals surface area (Å²) < 4.78 is 0. The highest BCUT2D eigenvalue weighted by molar-refractivity contribution is 7.00. The molecule has 0 unspecified atom stereocenters. The van der Waals surface area contributed by atoms with E-state index in [1.54, 1.807) is 0 Å². The zero-order valence-corrected chi connectivity index (χ0v) is 28.3. The van der Waals surface area contributed by atoms with Gasteiger partial charge in [-0.15, -0.1) is 0 Å². The van der Waals surface area contributed by atoms with Gasteiger partial charge in [0.1, 0.15) is 0 Å². The minimum absolute atomic E-state index is 0.108. The fourth-order valence-electron chi connectivity index (χ4n) is 7.90. The van der Waals surface area contributed by atoms with E-state index >= 15 is 0 Å². The molecule has 0 N–H and O–H groups in total. The SMILES string of the molecule is Cc1ccc(N(c2ccc(C)cc2)c2ccc3c(c2)N(C2=CC=CCC2)c2cccc4c2B3c2ccccc2N4c2ccc(C)cc2)cc1. The van der Waals surface area contributed by atoms with E-state index in [1.165, 1.54) is 67.2 Å². The van der Waals surface area contributed by atoms with Crippen molar-refractivity contribution < 1.29 is 0 Å². The van der Waals surface area contributed by atoms with Crippen molar-refractivity contribution in [2.75, 3.05) is 14.7 Å². The Morgan fingerprint density at radius 1 is 0.531 bits per heavy atom. The third-order valence-corrected chi connectivity index (χ3v) is 10.3. The summed E-state index contributed by atoms with van der Waals surface area (Å²) in [6.07, 6.45) is 8.84. The van der Waals surface area contributed by atoms with E-state index in [-0.39, 0.29) is 6.71 Å². The van der Waals surface area contributed by atoms with Crippen molar-refractivity contribution in [3.05, 3.63) is 174 Å². The predicted octanol–water partition coefficient (Wildman–Crippen LogP) is 10.1. The summed E-state index contributed by atoms with van der Waals surface area (Å²) in [4.78, 5) is 7.42. The maximum Gasteiger partial charge on any atom is 0.252 e. The summed E-state index contributed by atoms with van der Waals surface area (Å²) in [6.45, 7) is 6.56. The summed E-state index contributed by atoms with van der Waals surface area (Å²) >= 11 is 0. The molecular weight excluding hydrogens is 593 g/mol. The Bertz CT molecular complexity index is 2220. The second-order valence-electron chi connectivity index (χ2n) is 13.6. The average molecular weight is 632 g/mol. The van der Waals surface area contributed by atoms with Crippen LogP contribution in [0.3, 0.4) is 0 Å². The van der Waals surface area contributed by atoms with E-state index in [4.69, 9.17) is 0 Å². The Hall–Kier alpha value is -5.74. The van der Waals surface area contributed by atoms with E-state index in [2.05, 4.69) is 187 Å². The first kappa shape index (κ1) is 29.4. The van der Waals surface area contributed by atoms with Crippen molar-refractivity contribution in [1.82, 2.24) is 0 Å². The third-order valence-electron chi connectivity index (χ3n) is 10.3. The largest absolute Gasteiger partial charge is 0.315 e. The number of benzene rings is 6. The molecule has 0 saturated heterocycles. The Balaban J connectivity index is 1.29. The van der Waals surface area contributed by atoms with Crippen LogP contribution < -0.4 is 31.1 Å². The number of aryl methyl sites for hydroxylation is 3. The number of hydrogen-bond acceptors (Lipinski definition) is 3. The van der Waals surface area contributed by atoms with Crippen LogP contribution in [0.4, 0.5) is 45.5 Å². The molecule has 3 aliphatic rings. The van der Waals surface area contributed by atoms with E-state index in [9.17, 15) is 0 Å². The zero-order valence-electron chi connectivity index (χ0n) is 28.3. The molecule has 2 heterocycles. The minimum atomic E-state index is 0.108. The monoisotopic (exact) mass is 631 g/mol. The van der Waals surface area contributed by atoms with Gasteiger partial charge in [-0.3, -0.25) is 0 Å². The van der Waals surface area contributed by atoms with E-state index in [0.717, 1.165) is 29.9 Å². The first-order valence-electron chi connectivity index (χ1n) is 17.4. The predicted molar refractivity (Wildman–Crippen MR) is 210 cm³/mol. The molecule has 9 rings (SSSR count). The van der Waals surface area contributed by atoms with Crippen molar-refractivity contribution in [3.8, 4) is 0 Å². The van der Waals surface area contributed by atoms with E-state index in [1.807, 2.05) is 0 Å². The Morgan fingerprint density at radius 2 is 1.10 bits per heavy atom. The molecule has 49 heavy (non-hydrogen) atoms. The van der Waals surface area contributed by atoms with Gasteiger partial charge in [-0.2, -0.15) is 0 Å². The molecule has 0 amide bonds. The molecule has 0 saturated carbocycles. The normalized spacial score (nSPS) is 14.2. The number of hydrogen-bond donors (Lipinski definition) is 0. The highest BCUT2D eigenvalue weighted by Gasteiger charge is 2.43. The Kier molecular flexibility index (Phi) is 7.05. The lowest BCUT2D eigenvalue weighted by molar-refractivity contribution is 0.918. The first-order valence-corrected chi connectivity index (χ1v) is 17.4. The van der Waals surface area contributed by atoms with Crippen LogP contribution in [0.2, 0.25) is 0 Å². The Labute approximate surface area is 290 Å². The molecular formula is C45H38BN3. The Morgan fingerprint density at radius 3 is 1.76 bits per heavy atom. The number of anilines is 8. The number of para-hydroxylation sites is 1. The lowest BCUT2D eigenvalue weighted by Crippen LogP contribution is -2.61. The van der Waals surface area contributed by atoms with Crippen LogP contribution in [-0.4, -0.2) is 6.71 Å². The summed E-state index contributed by atoms with van der Waals surface area (Å²) in [5.41, 5.74) is 18.8. The van der Waals surface area contributed by atoms with Crippen molar-refractivity contribution in [2.24, 2.45) is 0 Å². The fourth-order valence-corrected chi connectivity index (χ4v) is 7.90. The molecule has 4 heteroatoms. The van der Waals surface area contributed by atoms with Crippen LogP contribution in [0.15, 0.2) is 157 Å². The molecule has 6 aromatic carbocycles. The van der Waals surface area contributed by atoms with Gasteiger partial charge in [0.05, 0.1) is 0 Å². The molecule has 0 radical (unpaired) electrons. The molecule has 3 nitrogen and oxygen atoms in total. The average Bonchev–Trinajstić information content (AvgIpc) is 3.14. The summed E-state index contributed by atoms with van der Waals surface area (Å²) in [6, 6.07) is 49.7. The second-order valence-corrected chi connectivity index (χ2v) is 13.6. The number of nitrogens with zero attached hydrogens (tertiary/aromatic N) is 3. The third kappa shape index (κ3) is 4.90. The minimum Gasteiger partial charge on any atom is -0.315 e. The van der Waals surface area contributed by atoms with Crippen molar-refractivity contribution in [1.29, 1.82) is 0 Å². The molecule has 0 atom stereocenters. The summed E-state index contributed by atoms with van der Waals surface area (Å²) in [5.74, 6) is 0. The molecule has 236 valence electrons. The van der Waals surface area contributed by atoms with Crippen LogP contribution in [0.1, 0.15) is 29.5 Å². The second kappa shape index (κ2) is 11.7. The highest BCUT2D eigenvalue weighted by atomic mass is 15.2. The standard InChI is InChI=1S/C45H38BN3/c1-31-16-22-35(23-17-31)47(36-24-18-32(2)19-25-36)38-28-29-40-44(30-38)49(34-10-5-4-6-11-34)43-15-9-14-42-45(43)46(40)39-12-7-8-13-41(39)48(42)37-26-20-33(3)21-27-37/h4-5,7-10,12-30H,6,11H2,1-3H3. The van der Waals surface area contributed by atoms with Crippen LogP contribution in [-0.2, 0) is 0 Å². The van der Waals surface area contributed by atoms with Gasteiger partial charge in [0.2, 0.25) is 0 Å². The van der Waals surface area contributed by atoms with Gasteiger partial charge in [-0.1, -0.05) is 95.6 Å². The van der Waals surface area contributed by atoms with E-state index in [0.29, 0.717) is 0 Å². The highest BCUT2D eigenvalue weighted by Crippen LogP contribution is 2.45. The molecule has 0 fully saturated rings. The number of allylic oxidation sites excluding steroid dienone is 4. The van der Waals surface area contributed by atoms with Crippen LogP contribution in [0.5, 0.6) is 0 Å². The van der Waals surface area contributed by atoms with Crippen LogP contribution >= 0.6 is 0 Å². The van der Waals surface area contributed by atoms with Gasteiger partial charge in [0.15, 0.2) is 0 Å². The molecule has 0 spiro atoms. The lowest BCUT2D eigenvalue weighted by atomic mass is 9.33.